The molecule has 5 heteroatoms. The van der Waals surface area contributed by atoms with E-state index in [1.165, 1.54) is 11.7 Å². The van der Waals surface area contributed by atoms with Crippen LogP contribution in [0.5, 0.6) is 0 Å². The fourth-order valence-electron chi connectivity index (χ4n) is 1.95. The van der Waals surface area contributed by atoms with Crippen LogP contribution in [0.2, 0.25) is 0 Å². The van der Waals surface area contributed by atoms with Crippen LogP contribution < -0.4 is 0 Å². The molecule has 1 aromatic carbocycles. The van der Waals surface area contributed by atoms with Crippen LogP contribution >= 0.6 is 11.7 Å². The maximum Gasteiger partial charge on any atom is 0.109 e. The molecule has 19 heavy (non-hydrogen) atoms. The molecule has 0 atom stereocenters. The van der Waals surface area contributed by atoms with Crippen LogP contribution in [0.15, 0.2) is 24.3 Å². The van der Waals surface area contributed by atoms with Crippen LogP contribution in [0.1, 0.15) is 24.6 Å². The SMILES string of the molecule is CCCN(C)Cc1nsnc1-c1ccc(C#N)cc1. The molecule has 1 aromatic heterocycles. The van der Waals surface area contributed by atoms with E-state index in [0.717, 1.165) is 36.5 Å². The summed E-state index contributed by atoms with van der Waals surface area (Å²) in [5.74, 6) is 0. The van der Waals surface area contributed by atoms with Gasteiger partial charge >= 0.3 is 0 Å². The smallest absolute Gasteiger partial charge is 0.109 e. The normalized spacial score (nSPS) is 10.6. The number of aromatic nitrogens is 2. The zero-order valence-electron chi connectivity index (χ0n) is 11.1. The lowest BCUT2D eigenvalue weighted by molar-refractivity contribution is 0.325. The van der Waals surface area contributed by atoms with Crippen LogP contribution in [0.4, 0.5) is 0 Å². The highest BCUT2D eigenvalue weighted by Crippen LogP contribution is 2.23. The number of hydrogen-bond donors (Lipinski definition) is 0. The molecule has 2 aromatic rings. The summed E-state index contributed by atoms with van der Waals surface area (Å²) >= 11 is 1.24. The predicted octanol–water partition coefficient (Wildman–Crippen LogP) is 2.92. The average molecular weight is 272 g/mol. The second-order valence-corrected chi connectivity index (χ2v) is 5.01. The molecule has 1 heterocycles. The molecule has 4 nitrogen and oxygen atoms in total. The molecule has 2 rings (SSSR count). The summed E-state index contributed by atoms with van der Waals surface area (Å²) in [4.78, 5) is 2.24. The number of benzene rings is 1. The summed E-state index contributed by atoms with van der Waals surface area (Å²) in [6.45, 7) is 4.02. The van der Waals surface area contributed by atoms with Crippen molar-refractivity contribution < 1.29 is 0 Å². The fourth-order valence-corrected chi connectivity index (χ4v) is 2.52. The van der Waals surface area contributed by atoms with Crippen LogP contribution in [-0.2, 0) is 6.54 Å². The lowest BCUT2D eigenvalue weighted by Gasteiger charge is -2.14. The summed E-state index contributed by atoms with van der Waals surface area (Å²) in [5.41, 5.74) is 3.62. The molecule has 0 fully saturated rings. The minimum absolute atomic E-state index is 0.664. The van der Waals surface area contributed by atoms with Gasteiger partial charge in [-0.2, -0.15) is 14.0 Å². The monoisotopic (exact) mass is 272 g/mol. The van der Waals surface area contributed by atoms with E-state index in [0.29, 0.717) is 5.56 Å². The van der Waals surface area contributed by atoms with Gasteiger partial charge in [-0.15, -0.1) is 0 Å². The molecule has 0 N–H and O–H groups in total. The van der Waals surface area contributed by atoms with Gasteiger partial charge in [0.2, 0.25) is 0 Å². The minimum Gasteiger partial charge on any atom is -0.300 e. The Kier molecular flexibility index (Phi) is 4.61. The van der Waals surface area contributed by atoms with Crippen molar-refractivity contribution >= 4 is 11.7 Å². The molecule has 0 saturated heterocycles. The Labute approximate surface area is 117 Å². The fraction of sp³-hybridized carbons (Fsp3) is 0.357. The van der Waals surface area contributed by atoms with E-state index >= 15 is 0 Å². The van der Waals surface area contributed by atoms with Crippen molar-refractivity contribution in [2.45, 2.75) is 19.9 Å². The van der Waals surface area contributed by atoms with Crippen molar-refractivity contribution in [1.29, 1.82) is 5.26 Å². The molecular formula is C14H16N4S. The van der Waals surface area contributed by atoms with E-state index < -0.39 is 0 Å². The zero-order valence-corrected chi connectivity index (χ0v) is 11.9. The Hall–Kier alpha value is -1.77. The van der Waals surface area contributed by atoms with Crippen molar-refractivity contribution in [2.24, 2.45) is 0 Å². The van der Waals surface area contributed by atoms with Crippen molar-refractivity contribution in [2.75, 3.05) is 13.6 Å². The van der Waals surface area contributed by atoms with E-state index in [-0.39, 0.29) is 0 Å². The largest absolute Gasteiger partial charge is 0.300 e. The van der Waals surface area contributed by atoms with Gasteiger partial charge in [0.1, 0.15) is 5.69 Å². The van der Waals surface area contributed by atoms with Crippen molar-refractivity contribution in [3.05, 3.63) is 35.5 Å². The summed E-state index contributed by atoms with van der Waals surface area (Å²) in [6, 6.07) is 9.61. The first-order valence-corrected chi connectivity index (χ1v) is 6.98. The zero-order chi connectivity index (χ0) is 13.7. The van der Waals surface area contributed by atoms with Crippen molar-refractivity contribution in [3.8, 4) is 17.3 Å². The number of nitriles is 1. The third-order valence-electron chi connectivity index (χ3n) is 2.87. The second kappa shape index (κ2) is 6.41. The summed E-state index contributed by atoms with van der Waals surface area (Å²) in [6.07, 6.45) is 1.13. The summed E-state index contributed by atoms with van der Waals surface area (Å²) < 4.78 is 8.76. The van der Waals surface area contributed by atoms with Gasteiger partial charge in [-0.3, -0.25) is 0 Å². The van der Waals surface area contributed by atoms with Gasteiger partial charge in [-0.05, 0) is 32.1 Å². The number of nitrogens with zero attached hydrogens (tertiary/aromatic N) is 4. The van der Waals surface area contributed by atoms with Crippen LogP contribution in [-0.4, -0.2) is 27.2 Å². The Morgan fingerprint density at radius 2 is 2.00 bits per heavy atom. The lowest BCUT2D eigenvalue weighted by Crippen LogP contribution is -2.19. The van der Waals surface area contributed by atoms with Crippen molar-refractivity contribution in [1.82, 2.24) is 13.6 Å². The van der Waals surface area contributed by atoms with Gasteiger partial charge in [0, 0.05) is 12.1 Å². The summed E-state index contributed by atoms with van der Waals surface area (Å²) in [5, 5.41) is 8.81. The van der Waals surface area contributed by atoms with Gasteiger partial charge in [0.15, 0.2) is 0 Å². The molecule has 0 amide bonds. The topological polar surface area (TPSA) is 52.8 Å². The maximum absolute atomic E-state index is 8.81. The Morgan fingerprint density at radius 1 is 1.26 bits per heavy atom. The molecule has 0 aliphatic rings. The molecule has 0 bridgehead atoms. The van der Waals surface area contributed by atoms with E-state index in [1.807, 2.05) is 24.3 Å². The summed E-state index contributed by atoms with van der Waals surface area (Å²) in [7, 11) is 2.09. The van der Waals surface area contributed by atoms with Crippen molar-refractivity contribution in [3.63, 3.8) is 0 Å². The van der Waals surface area contributed by atoms with E-state index in [9.17, 15) is 0 Å². The third-order valence-corrected chi connectivity index (χ3v) is 3.44. The molecule has 98 valence electrons. The van der Waals surface area contributed by atoms with Crippen LogP contribution in [0, 0.1) is 11.3 Å². The maximum atomic E-state index is 8.81. The lowest BCUT2D eigenvalue weighted by atomic mass is 10.1. The van der Waals surface area contributed by atoms with Gasteiger partial charge in [-0.1, -0.05) is 19.1 Å². The number of hydrogen-bond acceptors (Lipinski definition) is 5. The van der Waals surface area contributed by atoms with E-state index in [4.69, 9.17) is 5.26 Å². The number of rotatable bonds is 5. The minimum atomic E-state index is 0.664. The highest BCUT2D eigenvalue weighted by Gasteiger charge is 2.12. The predicted molar refractivity (Wildman–Crippen MR) is 76.7 cm³/mol. The third kappa shape index (κ3) is 3.37. The molecule has 0 unspecified atom stereocenters. The molecule has 0 aliphatic carbocycles. The Balaban J connectivity index is 2.21. The van der Waals surface area contributed by atoms with Crippen LogP contribution in [0.3, 0.4) is 0 Å². The second-order valence-electron chi connectivity index (χ2n) is 4.49. The first-order valence-electron chi connectivity index (χ1n) is 6.25. The first kappa shape index (κ1) is 13.7. The Morgan fingerprint density at radius 3 is 2.63 bits per heavy atom. The molecule has 0 radical (unpaired) electrons. The van der Waals surface area contributed by atoms with E-state index in [1.54, 1.807) is 0 Å². The molecule has 0 saturated carbocycles. The highest BCUT2D eigenvalue weighted by molar-refractivity contribution is 6.99. The average Bonchev–Trinajstić information content (AvgIpc) is 2.87. The first-order chi connectivity index (χ1) is 9.24. The quantitative estimate of drug-likeness (QED) is 0.839. The molecule has 0 spiro atoms. The van der Waals surface area contributed by atoms with Crippen LogP contribution in [0.25, 0.3) is 11.3 Å². The Bertz CT molecular complexity index is 568. The van der Waals surface area contributed by atoms with E-state index in [2.05, 4.69) is 33.7 Å². The van der Waals surface area contributed by atoms with Gasteiger partial charge in [0.05, 0.1) is 29.1 Å². The molecule has 0 aliphatic heterocycles. The van der Waals surface area contributed by atoms with Gasteiger partial charge in [-0.25, -0.2) is 0 Å². The van der Waals surface area contributed by atoms with Gasteiger partial charge in [0.25, 0.3) is 0 Å². The van der Waals surface area contributed by atoms with Gasteiger partial charge < -0.3 is 4.90 Å². The molecular weight excluding hydrogens is 256 g/mol. The highest BCUT2D eigenvalue weighted by atomic mass is 32.1. The standard InChI is InChI=1S/C14H16N4S/c1-3-8-18(2)10-13-14(17-19-16-13)12-6-4-11(9-15)5-7-12/h4-7H,3,8,10H2,1-2H3.